The highest BCUT2D eigenvalue weighted by Crippen LogP contribution is 2.34. The quantitative estimate of drug-likeness (QED) is 0.639. The Balaban J connectivity index is 2.01. The van der Waals surface area contributed by atoms with Gasteiger partial charge in [0.05, 0.1) is 9.75 Å². The third-order valence-electron chi connectivity index (χ3n) is 2.54. The Bertz CT molecular complexity index is 623. The molecular formula is C14H11NS2. The molecular weight excluding hydrogens is 246 g/mol. The molecule has 0 saturated heterocycles. The second kappa shape index (κ2) is 4.43. The van der Waals surface area contributed by atoms with Gasteiger partial charge < -0.3 is 0 Å². The fourth-order valence-electron chi connectivity index (χ4n) is 1.72. The Hall–Kier alpha value is -1.45. The molecule has 0 atom stereocenters. The van der Waals surface area contributed by atoms with Crippen LogP contribution in [0.1, 0.15) is 5.56 Å². The summed E-state index contributed by atoms with van der Waals surface area (Å²) in [5.74, 6) is 0. The molecule has 0 unspecified atom stereocenters. The number of rotatable bonds is 2. The third-order valence-corrected chi connectivity index (χ3v) is 4.63. The largest absolute Gasteiger partial charge is 0.243 e. The van der Waals surface area contributed by atoms with Gasteiger partial charge in [-0.05, 0) is 23.9 Å². The summed E-state index contributed by atoms with van der Waals surface area (Å²) in [7, 11) is 0. The van der Waals surface area contributed by atoms with Gasteiger partial charge >= 0.3 is 0 Å². The van der Waals surface area contributed by atoms with Crippen LogP contribution in [0.25, 0.3) is 20.3 Å². The van der Waals surface area contributed by atoms with Crippen molar-refractivity contribution in [3.05, 3.63) is 53.5 Å². The molecule has 1 nitrogen and oxygen atoms in total. The average molecular weight is 257 g/mol. The maximum absolute atomic E-state index is 4.49. The van der Waals surface area contributed by atoms with Gasteiger partial charge in [0.15, 0.2) is 0 Å². The molecule has 0 saturated carbocycles. The number of thiazole rings is 1. The zero-order valence-corrected chi connectivity index (χ0v) is 11.0. The van der Waals surface area contributed by atoms with Crippen molar-refractivity contribution in [2.75, 3.05) is 0 Å². The number of thiophene rings is 1. The van der Waals surface area contributed by atoms with Crippen LogP contribution in [0.4, 0.5) is 0 Å². The molecule has 3 aromatic rings. The maximum Gasteiger partial charge on any atom is 0.133 e. The van der Waals surface area contributed by atoms with Crippen molar-refractivity contribution in [1.29, 1.82) is 0 Å². The van der Waals surface area contributed by atoms with Crippen LogP contribution in [0.3, 0.4) is 0 Å². The molecule has 0 spiro atoms. The highest BCUT2D eigenvalue weighted by atomic mass is 32.1. The van der Waals surface area contributed by atoms with Crippen LogP contribution in [0.2, 0.25) is 0 Å². The van der Waals surface area contributed by atoms with Gasteiger partial charge in [-0.15, -0.1) is 22.7 Å². The molecule has 0 radical (unpaired) electrons. The molecule has 1 aromatic carbocycles. The minimum absolute atomic E-state index is 1.11. The van der Waals surface area contributed by atoms with Gasteiger partial charge in [0, 0.05) is 6.20 Å². The summed E-state index contributed by atoms with van der Waals surface area (Å²) in [6.45, 7) is 2.12. The first-order valence-electron chi connectivity index (χ1n) is 5.40. The van der Waals surface area contributed by atoms with Gasteiger partial charge in [-0.2, -0.15) is 0 Å². The molecule has 0 aliphatic rings. The van der Waals surface area contributed by atoms with E-state index in [0.717, 1.165) is 5.01 Å². The van der Waals surface area contributed by atoms with Crippen LogP contribution in [-0.4, -0.2) is 4.98 Å². The number of nitrogens with zero attached hydrogens (tertiary/aromatic N) is 1. The van der Waals surface area contributed by atoms with Gasteiger partial charge in [-0.1, -0.05) is 35.9 Å². The lowest BCUT2D eigenvalue weighted by Crippen LogP contribution is -1.73. The van der Waals surface area contributed by atoms with Crippen LogP contribution in [-0.2, 0) is 0 Å². The van der Waals surface area contributed by atoms with Crippen LogP contribution in [0.15, 0.2) is 48.0 Å². The predicted molar refractivity (Wildman–Crippen MR) is 75.6 cm³/mol. The van der Waals surface area contributed by atoms with Crippen molar-refractivity contribution in [3.63, 3.8) is 0 Å². The van der Waals surface area contributed by atoms with Gasteiger partial charge in [0.25, 0.3) is 0 Å². The summed E-state index contributed by atoms with van der Waals surface area (Å²) < 4.78 is 0. The van der Waals surface area contributed by atoms with Crippen molar-refractivity contribution in [3.8, 4) is 20.3 Å². The Kier molecular flexibility index (Phi) is 2.79. The summed E-state index contributed by atoms with van der Waals surface area (Å²) in [4.78, 5) is 6.97. The summed E-state index contributed by atoms with van der Waals surface area (Å²) in [6.07, 6.45) is 1.97. The van der Waals surface area contributed by atoms with Gasteiger partial charge in [0.1, 0.15) is 5.01 Å². The fourth-order valence-corrected chi connectivity index (χ4v) is 3.44. The van der Waals surface area contributed by atoms with Crippen molar-refractivity contribution in [2.24, 2.45) is 0 Å². The van der Waals surface area contributed by atoms with E-state index in [0.29, 0.717) is 0 Å². The Morgan fingerprint density at radius 3 is 2.76 bits per heavy atom. The average Bonchev–Trinajstić information content (AvgIpc) is 3.00. The van der Waals surface area contributed by atoms with E-state index in [1.807, 2.05) is 6.20 Å². The molecule has 0 bridgehead atoms. The summed E-state index contributed by atoms with van der Waals surface area (Å²) in [5, 5.41) is 3.19. The molecule has 2 aromatic heterocycles. The molecule has 2 heterocycles. The van der Waals surface area contributed by atoms with E-state index in [4.69, 9.17) is 0 Å². The molecule has 17 heavy (non-hydrogen) atoms. The first-order chi connectivity index (χ1) is 8.33. The lowest BCUT2D eigenvalue weighted by atomic mass is 10.1. The van der Waals surface area contributed by atoms with Crippen LogP contribution >= 0.6 is 22.7 Å². The van der Waals surface area contributed by atoms with Gasteiger partial charge in [-0.3, -0.25) is 0 Å². The lowest BCUT2D eigenvalue weighted by molar-refractivity contribution is 1.42. The van der Waals surface area contributed by atoms with E-state index in [1.165, 1.54) is 20.9 Å². The van der Waals surface area contributed by atoms with E-state index in [-0.39, 0.29) is 0 Å². The van der Waals surface area contributed by atoms with Crippen LogP contribution < -0.4 is 0 Å². The predicted octanol–water partition coefficient (Wildman–Crippen LogP) is 4.85. The zero-order valence-electron chi connectivity index (χ0n) is 9.38. The normalized spacial score (nSPS) is 10.6. The minimum Gasteiger partial charge on any atom is -0.243 e. The first kappa shape index (κ1) is 10.7. The SMILES string of the molecule is Cc1cccc(-c2cnc(-c3cccs3)s2)c1. The Labute approximate surface area is 108 Å². The van der Waals surface area contributed by atoms with E-state index in [2.05, 4.69) is 53.7 Å². The molecule has 84 valence electrons. The Morgan fingerprint density at radius 1 is 1.06 bits per heavy atom. The molecule has 3 heteroatoms. The van der Waals surface area contributed by atoms with Crippen molar-refractivity contribution in [1.82, 2.24) is 4.98 Å². The molecule has 0 aliphatic carbocycles. The second-order valence-corrected chi connectivity index (χ2v) is 5.85. The number of aryl methyl sites for hydroxylation is 1. The monoisotopic (exact) mass is 257 g/mol. The standard InChI is InChI=1S/C14H11NS2/c1-10-4-2-5-11(8-10)13-9-15-14(17-13)12-6-3-7-16-12/h2-9H,1H3. The highest BCUT2D eigenvalue weighted by molar-refractivity contribution is 7.22. The van der Waals surface area contributed by atoms with Crippen LogP contribution in [0.5, 0.6) is 0 Å². The van der Waals surface area contributed by atoms with E-state index in [9.17, 15) is 0 Å². The topological polar surface area (TPSA) is 12.9 Å². The molecule has 3 rings (SSSR count). The molecule has 0 N–H and O–H groups in total. The third kappa shape index (κ3) is 2.16. The second-order valence-electron chi connectivity index (χ2n) is 3.88. The van der Waals surface area contributed by atoms with Crippen molar-refractivity contribution >= 4 is 22.7 Å². The summed E-state index contributed by atoms with van der Waals surface area (Å²) in [5.41, 5.74) is 2.54. The minimum atomic E-state index is 1.11. The smallest absolute Gasteiger partial charge is 0.133 e. The maximum atomic E-state index is 4.49. The number of aromatic nitrogens is 1. The van der Waals surface area contributed by atoms with E-state index in [1.54, 1.807) is 22.7 Å². The zero-order chi connectivity index (χ0) is 11.7. The highest BCUT2D eigenvalue weighted by Gasteiger charge is 2.07. The lowest BCUT2D eigenvalue weighted by Gasteiger charge is -1.97. The number of hydrogen-bond donors (Lipinski definition) is 0. The summed E-state index contributed by atoms with van der Waals surface area (Å²) >= 11 is 3.49. The van der Waals surface area contributed by atoms with E-state index >= 15 is 0 Å². The molecule has 0 amide bonds. The fraction of sp³-hybridized carbons (Fsp3) is 0.0714. The first-order valence-corrected chi connectivity index (χ1v) is 7.09. The number of hydrogen-bond acceptors (Lipinski definition) is 3. The Morgan fingerprint density at radius 2 is 2.00 bits per heavy atom. The van der Waals surface area contributed by atoms with Gasteiger partial charge in [-0.25, -0.2) is 4.98 Å². The van der Waals surface area contributed by atoms with E-state index < -0.39 is 0 Å². The van der Waals surface area contributed by atoms with Crippen LogP contribution in [0, 0.1) is 6.92 Å². The van der Waals surface area contributed by atoms with Crippen molar-refractivity contribution in [2.45, 2.75) is 6.92 Å². The number of benzene rings is 1. The van der Waals surface area contributed by atoms with Gasteiger partial charge in [0.2, 0.25) is 0 Å². The molecule has 0 aliphatic heterocycles. The summed E-state index contributed by atoms with van der Waals surface area (Å²) in [6, 6.07) is 12.7. The molecule has 0 fully saturated rings. The van der Waals surface area contributed by atoms with Crippen molar-refractivity contribution < 1.29 is 0 Å².